The number of nitrogens with zero attached hydrogens (tertiary/aromatic N) is 7. The molecule has 5 heterocycles. The van der Waals surface area contributed by atoms with Crippen LogP contribution >= 0.6 is 0 Å². The Morgan fingerprint density at radius 1 is 1.11 bits per heavy atom. The molecule has 0 spiro atoms. The number of hydrogen-bond donors (Lipinski definition) is 3. The fourth-order valence-corrected chi connectivity index (χ4v) is 6.25. The van der Waals surface area contributed by atoms with Crippen molar-refractivity contribution in [3.05, 3.63) is 89.6 Å². The number of carbonyl (C=O) groups excluding carboxylic acids is 1. The number of fused-ring (bicyclic) bond motifs is 2. The van der Waals surface area contributed by atoms with Crippen LogP contribution in [0.1, 0.15) is 28.4 Å². The van der Waals surface area contributed by atoms with Gasteiger partial charge in [-0.3, -0.25) is 14.4 Å². The number of amides is 1. The third-order valence-corrected chi connectivity index (χ3v) is 8.85. The van der Waals surface area contributed by atoms with E-state index in [0.29, 0.717) is 17.9 Å². The van der Waals surface area contributed by atoms with Crippen LogP contribution in [0.25, 0.3) is 33.3 Å². The first kappa shape index (κ1) is 30.3. The zero-order valence-corrected chi connectivity index (χ0v) is 26.8. The lowest BCUT2D eigenvalue weighted by Crippen LogP contribution is -2.38. The lowest BCUT2D eigenvalue weighted by Gasteiger charge is -2.26. The topological polar surface area (TPSA) is 143 Å². The van der Waals surface area contributed by atoms with Gasteiger partial charge in [-0.15, -0.1) is 0 Å². The molecule has 12 nitrogen and oxygen atoms in total. The van der Waals surface area contributed by atoms with Crippen molar-refractivity contribution in [3.63, 3.8) is 0 Å². The van der Waals surface area contributed by atoms with Crippen LogP contribution in [0.5, 0.6) is 0 Å². The molecule has 1 fully saturated rings. The summed E-state index contributed by atoms with van der Waals surface area (Å²) in [6.45, 7) is 9.52. The third kappa shape index (κ3) is 6.00. The predicted molar refractivity (Wildman–Crippen MR) is 184 cm³/mol. The van der Waals surface area contributed by atoms with Crippen molar-refractivity contribution >= 4 is 34.3 Å². The largest absolute Gasteiger partial charge is 0.392 e. The highest BCUT2D eigenvalue weighted by molar-refractivity contribution is 6.15. The molecule has 240 valence electrons. The van der Waals surface area contributed by atoms with Crippen LogP contribution in [0.3, 0.4) is 0 Å². The van der Waals surface area contributed by atoms with Crippen molar-refractivity contribution in [2.75, 3.05) is 44.8 Å². The molecule has 4 N–H and O–H groups in total. The summed E-state index contributed by atoms with van der Waals surface area (Å²) >= 11 is 0. The number of allylic oxidation sites excluding steroid dienone is 1. The quantitative estimate of drug-likeness (QED) is 0.161. The maximum absolute atomic E-state index is 13.9. The molecule has 1 amide bonds. The zero-order chi connectivity index (χ0) is 32.5. The van der Waals surface area contributed by atoms with Crippen molar-refractivity contribution < 1.29 is 9.53 Å². The van der Waals surface area contributed by atoms with Crippen molar-refractivity contribution in [1.29, 1.82) is 0 Å². The second-order valence-electron chi connectivity index (χ2n) is 11.9. The molecule has 3 aromatic heterocycles. The molecule has 7 rings (SSSR count). The third-order valence-electron chi connectivity index (χ3n) is 8.85. The number of aliphatic imine (C=N–C) groups is 1. The second kappa shape index (κ2) is 12.8. The number of nitrogens with two attached hydrogens (primary N) is 1. The molecule has 5 aromatic rings. The molecule has 0 unspecified atom stereocenters. The molecule has 0 aliphatic carbocycles. The summed E-state index contributed by atoms with van der Waals surface area (Å²) in [6.07, 6.45) is 9.38. The monoisotopic (exact) mass is 630 g/mol. The first-order valence-electron chi connectivity index (χ1n) is 15.8. The molecule has 2 aliphatic rings. The van der Waals surface area contributed by atoms with Gasteiger partial charge in [-0.1, -0.05) is 24.3 Å². The van der Waals surface area contributed by atoms with Gasteiger partial charge in [0.2, 0.25) is 0 Å². The van der Waals surface area contributed by atoms with Gasteiger partial charge in [0, 0.05) is 73.0 Å². The molecule has 0 radical (unpaired) electrons. The Hall–Kier alpha value is -5.33. The maximum Gasteiger partial charge on any atom is 0.259 e. The summed E-state index contributed by atoms with van der Waals surface area (Å²) in [6, 6.07) is 11.9. The average molecular weight is 631 g/mol. The minimum absolute atomic E-state index is 0.0274. The van der Waals surface area contributed by atoms with Crippen molar-refractivity contribution in [2.45, 2.75) is 26.9 Å². The zero-order valence-electron chi connectivity index (χ0n) is 26.8. The lowest BCUT2D eigenvalue weighted by molar-refractivity contribution is 0.0360. The molecule has 1 saturated heterocycles. The Morgan fingerprint density at radius 2 is 1.91 bits per heavy atom. The van der Waals surface area contributed by atoms with Gasteiger partial charge < -0.3 is 25.7 Å². The van der Waals surface area contributed by atoms with Crippen LogP contribution in [0, 0.1) is 6.92 Å². The van der Waals surface area contributed by atoms with Gasteiger partial charge in [-0.2, -0.15) is 10.1 Å². The number of para-hydroxylation sites is 1. The van der Waals surface area contributed by atoms with Crippen LogP contribution in [0.2, 0.25) is 0 Å². The van der Waals surface area contributed by atoms with E-state index in [2.05, 4.69) is 42.5 Å². The smallest absolute Gasteiger partial charge is 0.259 e. The summed E-state index contributed by atoms with van der Waals surface area (Å²) in [5, 5.41) is 8.62. The molecular formula is C35H38N10O2. The van der Waals surface area contributed by atoms with E-state index >= 15 is 0 Å². The van der Waals surface area contributed by atoms with E-state index in [1.165, 1.54) is 0 Å². The fourth-order valence-electron chi connectivity index (χ4n) is 6.25. The molecule has 2 aromatic carbocycles. The summed E-state index contributed by atoms with van der Waals surface area (Å²) in [7, 11) is 1.82. The summed E-state index contributed by atoms with van der Waals surface area (Å²) in [5.74, 6) is 0.552. The number of amidine groups is 1. The highest BCUT2D eigenvalue weighted by atomic mass is 16.5. The number of hydrogen-bond acceptors (Lipinski definition) is 8. The number of rotatable bonds is 9. The number of benzene rings is 2. The number of aromatic nitrogens is 5. The van der Waals surface area contributed by atoms with Crippen LogP contribution < -0.4 is 16.0 Å². The normalized spacial score (nSPS) is 15.9. The Kier molecular flexibility index (Phi) is 8.27. The number of carbonyl (C=O) groups is 1. The van der Waals surface area contributed by atoms with Gasteiger partial charge in [-0.05, 0) is 48.7 Å². The Morgan fingerprint density at radius 3 is 2.74 bits per heavy atom. The Labute approximate surface area is 273 Å². The van der Waals surface area contributed by atoms with E-state index in [1.54, 1.807) is 12.3 Å². The number of H-pyrrole nitrogens is 1. The van der Waals surface area contributed by atoms with E-state index in [0.717, 1.165) is 95.2 Å². The van der Waals surface area contributed by atoms with Crippen molar-refractivity contribution in [2.24, 2.45) is 10.7 Å². The van der Waals surface area contributed by atoms with Crippen molar-refractivity contribution in [3.8, 4) is 22.4 Å². The minimum Gasteiger partial charge on any atom is -0.392 e. The summed E-state index contributed by atoms with van der Waals surface area (Å²) < 4.78 is 7.46. The highest BCUT2D eigenvalue weighted by Crippen LogP contribution is 2.40. The van der Waals surface area contributed by atoms with E-state index in [4.69, 9.17) is 15.5 Å². The number of morpholine rings is 1. The van der Waals surface area contributed by atoms with Gasteiger partial charge >= 0.3 is 0 Å². The molecule has 12 heteroatoms. The van der Waals surface area contributed by atoms with Gasteiger partial charge in [0.15, 0.2) is 0 Å². The van der Waals surface area contributed by atoms with E-state index < -0.39 is 0 Å². The van der Waals surface area contributed by atoms with Crippen molar-refractivity contribution in [1.82, 2.24) is 34.9 Å². The highest BCUT2D eigenvalue weighted by Gasteiger charge is 2.32. The van der Waals surface area contributed by atoms with Gasteiger partial charge in [-0.25, -0.2) is 9.97 Å². The second-order valence-corrected chi connectivity index (χ2v) is 11.9. The first-order valence-corrected chi connectivity index (χ1v) is 15.8. The molecular weight excluding hydrogens is 592 g/mol. The Balaban J connectivity index is 1.17. The fraction of sp³-hybridized carbons (Fsp3) is 0.286. The molecule has 0 bridgehead atoms. The number of nitrogens with one attached hydrogen (secondary N) is 2. The Bertz CT molecular complexity index is 2020. The van der Waals surface area contributed by atoms with Gasteiger partial charge in [0.1, 0.15) is 5.84 Å². The molecule has 0 atom stereocenters. The van der Waals surface area contributed by atoms with Gasteiger partial charge in [0.05, 0.1) is 49.4 Å². The van der Waals surface area contributed by atoms with Gasteiger partial charge in [0.25, 0.3) is 11.9 Å². The SMILES string of the molecule is CN/C(C)=C\C(N)=N/c1ncc(C)c(-c2c[nH]c3c(N4Cc5c(cccc5-c5cnn(CCN6CCOCC6)c5)C4=O)cccc23)n1. The van der Waals surface area contributed by atoms with E-state index in [9.17, 15) is 4.79 Å². The molecule has 47 heavy (non-hydrogen) atoms. The number of anilines is 1. The van der Waals surface area contributed by atoms with E-state index in [-0.39, 0.29) is 11.9 Å². The summed E-state index contributed by atoms with van der Waals surface area (Å²) in [4.78, 5) is 35.1. The first-order chi connectivity index (χ1) is 22.9. The number of ether oxygens (including phenoxy) is 1. The molecule has 0 saturated carbocycles. The summed E-state index contributed by atoms with van der Waals surface area (Å²) in [5.41, 5.74) is 14.9. The average Bonchev–Trinajstić information content (AvgIpc) is 3.82. The molecule has 2 aliphatic heterocycles. The predicted octanol–water partition coefficient (Wildman–Crippen LogP) is 4.40. The van der Waals surface area contributed by atoms with Crippen LogP contribution in [-0.2, 0) is 17.8 Å². The minimum atomic E-state index is -0.0274. The van der Waals surface area contributed by atoms with Crippen LogP contribution in [0.4, 0.5) is 11.6 Å². The lowest BCUT2D eigenvalue weighted by atomic mass is 9.99. The maximum atomic E-state index is 13.9. The van der Waals surface area contributed by atoms with Crippen LogP contribution in [-0.4, -0.2) is 81.3 Å². The standard InChI is InChI=1S/C35H38N10O2/c1-22-17-39-35(41-31(36)16-23(2)37-3)42-32(22)28-19-38-33-26(28)7-5-9-30(33)45-21-29-25(6-4-8-27(29)34(45)46)24-18-40-44(20-24)11-10-43-12-14-47-15-13-43/h4-9,16-20,37-38H,10-15,21H2,1-3H3,(H2,36,39,41,42)/b23-16-. The number of aromatic amines is 1. The van der Waals surface area contributed by atoms with Crippen LogP contribution in [0.15, 0.2) is 78.0 Å². The van der Waals surface area contributed by atoms with E-state index in [1.807, 2.05) is 73.2 Å². The number of aryl methyl sites for hydroxylation is 1.